The minimum atomic E-state index is -1.21. The molecular weight excluding hydrogens is 184 g/mol. The molecule has 0 aliphatic rings. The Morgan fingerprint density at radius 2 is 2.33 bits per heavy atom. The van der Waals surface area contributed by atoms with E-state index in [1.165, 1.54) is 7.05 Å². The molecule has 0 radical (unpaired) electrons. The van der Waals surface area contributed by atoms with Crippen molar-refractivity contribution in [1.82, 2.24) is 9.55 Å². The monoisotopic (exact) mass is 188 g/mol. The quantitative estimate of drug-likeness (QED) is 0.636. The number of carboxylic acids is 1. The van der Waals surface area contributed by atoms with E-state index in [-0.39, 0.29) is 10.8 Å². The molecule has 12 heavy (non-hydrogen) atoms. The van der Waals surface area contributed by atoms with Crippen LogP contribution in [0.2, 0.25) is 5.15 Å². The number of carbonyl (C=O) groups is 1. The van der Waals surface area contributed by atoms with Gasteiger partial charge in [-0.1, -0.05) is 11.6 Å². The van der Waals surface area contributed by atoms with Crippen molar-refractivity contribution in [3.8, 4) is 0 Å². The van der Waals surface area contributed by atoms with Gasteiger partial charge >= 0.3 is 11.7 Å². The fourth-order valence-corrected chi connectivity index (χ4v) is 0.892. The first-order valence-corrected chi connectivity index (χ1v) is 3.37. The second-order valence-electron chi connectivity index (χ2n) is 2.11. The van der Waals surface area contributed by atoms with E-state index >= 15 is 0 Å². The van der Waals surface area contributed by atoms with Gasteiger partial charge in [0.05, 0.1) is 0 Å². The Labute approximate surface area is 72.2 Å². The maximum absolute atomic E-state index is 10.9. The van der Waals surface area contributed by atoms with Crippen molar-refractivity contribution in [1.29, 1.82) is 0 Å². The van der Waals surface area contributed by atoms with Crippen molar-refractivity contribution >= 4 is 17.6 Å². The highest BCUT2D eigenvalue weighted by atomic mass is 35.5. The number of rotatable bonds is 1. The molecule has 1 aromatic heterocycles. The van der Waals surface area contributed by atoms with Gasteiger partial charge in [0.2, 0.25) is 0 Å². The summed E-state index contributed by atoms with van der Waals surface area (Å²) in [4.78, 5) is 24.7. The van der Waals surface area contributed by atoms with Crippen LogP contribution in [0.4, 0.5) is 0 Å². The van der Waals surface area contributed by atoms with Crippen LogP contribution in [0, 0.1) is 0 Å². The van der Waals surface area contributed by atoms with Crippen LogP contribution in [0.5, 0.6) is 0 Å². The summed E-state index contributed by atoms with van der Waals surface area (Å²) in [5, 5.41) is 8.45. The molecular formula is C6H5ClN2O3. The van der Waals surface area contributed by atoms with Crippen LogP contribution in [0.3, 0.4) is 0 Å². The van der Waals surface area contributed by atoms with E-state index < -0.39 is 11.7 Å². The third kappa shape index (κ3) is 1.45. The largest absolute Gasteiger partial charge is 0.477 e. The van der Waals surface area contributed by atoms with Gasteiger partial charge < -0.3 is 5.11 Å². The van der Waals surface area contributed by atoms with Gasteiger partial charge in [0.25, 0.3) is 0 Å². The molecule has 1 N–H and O–H groups in total. The van der Waals surface area contributed by atoms with E-state index in [1.807, 2.05) is 0 Å². The summed E-state index contributed by atoms with van der Waals surface area (Å²) < 4.78 is 0.911. The third-order valence-electron chi connectivity index (χ3n) is 1.33. The maximum Gasteiger partial charge on any atom is 0.352 e. The SMILES string of the molecule is Cn1c(C(=O)O)cc(Cl)nc1=O. The van der Waals surface area contributed by atoms with E-state index in [0.29, 0.717) is 0 Å². The molecule has 1 rings (SSSR count). The van der Waals surface area contributed by atoms with E-state index in [9.17, 15) is 9.59 Å². The molecule has 0 atom stereocenters. The standard InChI is InChI=1S/C6H5ClN2O3/c1-9-3(5(10)11)2-4(7)8-6(9)12/h2H,1H3,(H,10,11). The molecule has 0 aliphatic carbocycles. The van der Waals surface area contributed by atoms with Crippen molar-refractivity contribution in [2.75, 3.05) is 0 Å². The topological polar surface area (TPSA) is 72.2 Å². The Balaban J connectivity index is 3.48. The summed E-state index contributed by atoms with van der Waals surface area (Å²) in [6.07, 6.45) is 0. The summed E-state index contributed by atoms with van der Waals surface area (Å²) >= 11 is 5.38. The van der Waals surface area contributed by atoms with Crippen LogP contribution in [-0.4, -0.2) is 20.6 Å². The highest BCUT2D eigenvalue weighted by Gasteiger charge is 2.09. The van der Waals surface area contributed by atoms with Crippen LogP contribution in [0.1, 0.15) is 10.5 Å². The Morgan fingerprint density at radius 1 is 1.75 bits per heavy atom. The lowest BCUT2D eigenvalue weighted by Crippen LogP contribution is -2.25. The van der Waals surface area contributed by atoms with Crippen molar-refractivity contribution in [2.45, 2.75) is 0 Å². The number of carboxylic acid groups (broad SMARTS) is 1. The number of halogens is 1. The maximum atomic E-state index is 10.9. The molecule has 64 valence electrons. The van der Waals surface area contributed by atoms with Gasteiger partial charge in [0.15, 0.2) is 0 Å². The molecule has 0 amide bonds. The van der Waals surface area contributed by atoms with Crippen molar-refractivity contribution in [2.24, 2.45) is 7.05 Å². The zero-order valence-electron chi connectivity index (χ0n) is 6.11. The molecule has 0 spiro atoms. The van der Waals surface area contributed by atoms with Gasteiger partial charge in [-0.2, -0.15) is 4.98 Å². The van der Waals surface area contributed by atoms with Crippen molar-refractivity contribution in [3.05, 3.63) is 27.4 Å². The predicted molar refractivity (Wildman–Crippen MR) is 41.4 cm³/mol. The Hall–Kier alpha value is -1.36. The fraction of sp³-hybridized carbons (Fsp3) is 0.167. The lowest BCUT2D eigenvalue weighted by Gasteiger charge is -2.01. The number of nitrogens with zero attached hydrogens (tertiary/aromatic N) is 2. The Morgan fingerprint density at radius 3 is 2.83 bits per heavy atom. The first kappa shape index (κ1) is 8.73. The molecule has 1 heterocycles. The highest BCUT2D eigenvalue weighted by molar-refractivity contribution is 6.29. The summed E-state index contributed by atoms with van der Waals surface area (Å²) in [6.45, 7) is 0. The molecule has 5 nitrogen and oxygen atoms in total. The normalized spacial score (nSPS) is 9.83. The summed E-state index contributed by atoms with van der Waals surface area (Å²) in [6, 6.07) is 1.12. The summed E-state index contributed by atoms with van der Waals surface area (Å²) in [5.41, 5.74) is -0.861. The van der Waals surface area contributed by atoms with Gasteiger partial charge in [-0.05, 0) is 0 Å². The van der Waals surface area contributed by atoms with Crippen molar-refractivity contribution < 1.29 is 9.90 Å². The molecule has 1 aromatic rings. The molecule has 0 aliphatic heterocycles. The molecule has 0 unspecified atom stereocenters. The van der Waals surface area contributed by atoms with Crippen LogP contribution in [0.15, 0.2) is 10.9 Å². The van der Waals surface area contributed by atoms with Crippen LogP contribution < -0.4 is 5.69 Å². The van der Waals surface area contributed by atoms with Gasteiger partial charge in [-0.3, -0.25) is 4.57 Å². The zero-order chi connectivity index (χ0) is 9.30. The highest BCUT2D eigenvalue weighted by Crippen LogP contribution is 2.03. The van der Waals surface area contributed by atoms with E-state index in [4.69, 9.17) is 16.7 Å². The Kier molecular flexibility index (Phi) is 2.14. The zero-order valence-corrected chi connectivity index (χ0v) is 6.87. The van der Waals surface area contributed by atoms with E-state index in [2.05, 4.69) is 4.98 Å². The molecule has 0 bridgehead atoms. The van der Waals surface area contributed by atoms with Crippen LogP contribution in [-0.2, 0) is 7.05 Å². The predicted octanol–water partition coefficient (Wildman–Crippen LogP) is 0.132. The van der Waals surface area contributed by atoms with E-state index in [0.717, 1.165) is 10.6 Å². The summed E-state index contributed by atoms with van der Waals surface area (Å²) in [5.74, 6) is -1.21. The molecule has 0 saturated carbocycles. The number of hydrogen-bond donors (Lipinski definition) is 1. The van der Waals surface area contributed by atoms with Gasteiger partial charge in [-0.25, -0.2) is 9.59 Å². The first-order valence-electron chi connectivity index (χ1n) is 2.99. The molecule has 0 fully saturated rings. The first-order chi connectivity index (χ1) is 5.52. The van der Waals surface area contributed by atoms with Crippen LogP contribution >= 0.6 is 11.6 Å². The second kappa shape index (κ2) is 2.94. The Bertz CT molecular complexity index is 385. The second-order valence-corrected chi connectivity index (χ2v) is 2.50. The lowest BCUT2D eigenvalue weighted by atomic mass is 10.4. The van der Waals surface area contributed by atoms with Crippen molar-refractivity contribution in [3.63, 3.8) is 0 Å². The average molecular weight is 189 g/mol. The van der Waals surface area contributed by atoms with Crippen LogP contribution in [0.25, 0.3) is 0 Å². The fourth-order valence-electron chi connectivity index (χ4n) is 0.717. The number of aromatic nitrogens is 2. The third-order valence-corrected chi connectivity index (χ3v) is 1.52. The van der Waals surface area contributed by atoms with Gasteiger partial charge in [0.1, 0.15) is 10.8 Å². The lowest BCUT2D eigenvalue weighted by molar-refractivity contribution is 0.0684. The minimum Gasteiger partial charge on any atom is -0.477 e. The smallest absolute Gasteiger partial charge is 0.352 e. The van der Waals surface area contributed by atoms with Gasteiger partial charge in [0, 0.05) is 13.1 Å². The molecule has 6 heteroatoms. The van der Waals surface area contributed by atoms with Gasteiger partial charge in [-0.15, -0.1) is 0 Å². The number of aromatic carboxylic acids is 1. The minimum absolute atomic E-state index is 0.115. The molecule has 0 saturated heterocycles. The average Bonchev–Trinajstić information content (AvgIpc) is 1.96. The summed E-state index contributed by atoms with van der Waals surface area (Å²) in [7, 11) is 1.31. The number of hydrogen-bond acceptors (Lipinski definition) is 3. The molecule has 0 aromatic carbocycles. The van der Waals surface area contributed by atoms with E-state index in [1.54, 1.807) is 0 Å².